The van der Waals surface area contributed by atoms with E-state index < -0.39 is 0 Å². The number of halogens is 4. The summed E-state index contributed by atoms with van der Waals surface area (Å²) in [6.45, 7) is 45.0. The highest BCUT2D eigenvalue weighted by Gasteiger charge is 2.26. The molecule has 0 saturated heterocycles. The minimum absolute atomic E-state index is 0.0347. The minimum Gasteiger partial charge on any atom is -0.497 e. The third-order valence-corrected chi connectivity index (χ3v) is 25.1. The first-order valence-electron chi connectivity index (χ1n) is 47.5. The van der Waals surface area contributed by atoms with E-state index in [0.29, 0.717) is 79.8 Å². The van der Waals surface area contributed by atoms with Gasteiger partial charge < -0.3 is 39.5 Å². The molecule has 0 saturated carbocycles. The van der Waals surface area contributed by atoms with Gasteiger partial charge in [0.1, 0.15) is 11.5 Å². The zero-order valence-electron chi connectivity index (χ0n) is 84.2. The van der Waals surface area contributed by atoms with Crippen LogP contribution >= 0.6 is 50.7 Å². The number of fused-ring (bicyclic) bond motifs is 6. The normalized spacial score (nSPS) is 11.1. The second-order valence-corrected chi connectivity index (χ2v) is 39.1. The Kier molecular flexibility index (Phi) is 38.2. The molecule has 5 aromatic heterocycles. The second-order valence-electron chi connectivity index (χ2n) is 36.9. The van der Waals surface area contributed by atoms with Crippen LogP contribution in [0.1, 0.15) is 232 Å². The van der Waals surface area contributed by atoms with E-state index in [2.05, 4.69) is 210 Å². The number of methoxy groups -OCH3 is 2. The Morgan fingerprint density at radius 3 is 1.65 bits per heavy atom. The molecular formula is C120H130BrCl3N8O8. The summed E-state index contributed by atoms with van der Waals surface area (Å²) < 4.78 is 30.5. The first-order valence-corrected chi connectivity index (χ1v) is 49.4. The maximum atomic E-state index is 13.2. The predicted octanol–water partition coefficient (Wildman–Crippen LogP) is 32.3. The lowest BCUT2D eigenvalue weighted by Crippen LogP contribution is -2.16. The van der Waals surface area contributed by atoms with E-state index in [1.165, 1.54) is 61.2 Å². The summed E-state index contributed by atoms with van der Waals surface area (Å²) in [5, 5.41) is 15.4. The molecular weight excluding hydrogens is 1870 g/mol. The summed E-state index contributed by atoms with van der Waals surface area (Å²) in [5.74, 6) is 3.91. The van der Waals surface area contributed by atoms with Crippen molar-refractivity contribution in [3.63, 3.8) is 0 Å². The van der Waals surface area contributed by atoms with Gasteiger partial charge in [-0.25, -0.2) is 0 Å². The summed E-state index contributed by atoms with van der Waals surface area (Å²) in [5.41, 5.74) is 30.6. The van der Waals surface area contributed by atoms with Crippen LogP contribution < -0.4 is 25.3 Å². The van der Waals surface area contributed by atoms with Gasteiger partial charge in [0.15, 0.2) is 5.78 Å². The van der Waals surface area contributed by atoms with Gasteiger partial charge >= 0.3 is 5.97 Å². The van der Waals surface area contributed by atoms with Gasteiger partial charge in [-0.1, -0.05) is 241 Å². The molecule has 20 heteroatoms. The summed E-state index contributed by atoms with van der Waals surface area (Å²) in [4.78, 5) is 54.3. The quantitative estimate of drug-likeness (QED) is 0.0181. The molecule has 0 atom stereocenters. The molecule has 0 spiro atoms. The van der Waals surface area contributed by atoms with E-state index in [1.54, 1.807) is 91.8 Å². The van der Waals surface area contributed by atoms with Gasteiger partial charge in [0.25, 0.3) is 11.8 Å². The molecule has 0 fully saturated rings. The Morgan fingerprint density at radius 1 is 0.500 bits per heavy atom. The number of aryl methyl sites for hydroxylation is 1. The van der Waals surface area contributed by atoms with Gasteiger partial charge in [-0.15, -0.1) is 5.10 Å². The van der Waals surface area contributed by atoms with E-state index >= 15 is 0 Å². The average Bonchev–Trinajstić information content (AvgIpc) is 1.61. The Hall–Kier alpha value is -13.4. The Balaban J connectivity index is 0.000000158. The van der Waals surface area contributed by atoms with Crippen LogP contribution in [0.4, 0.5) is 11.4 Å². The molecule has 16 nitrogen and oxygen atoms in total. The fraction of sp³-hybridized carbons (Fsp3) is 0.258. The lowest BCUT2D eigenvalue weighted by molar-refractivity contribution is -0.146. The van der Waals surface area contributed by atoms with Crippen LogP contribution in [0.15, 0.2) is 302 Å². The van der Waals surface area contributed by atoms with E-state index in [1.807, 2.05) is 191 Å². The zero-order valence-corrected chi connectivity index (χ0v) is 88.0. The number of nitrogens with zero attached hydrogens (tertiary/aromatic N) is 5. The smallest absolute Gasteiger partial charge is 0.310 e. The standard InChI is InChI=1S/C22H22ClNO4.C22H23NO2.C17H18N2O.C16H16BrNO.C15H14ClN.C15H18ClN.C13H19N/c1-13(2)28-21(25)12-18-14(3)24(20-10-9-17(27-4)11-19(18)20)22(26)15-5-7-16(23)8-6-15;1-15(2)22-16(3)23(20-12-11-18(25-4)14-19(20)22)21(24)13-10-17-8-6-5-7-9-17;1-13(2)20-17-15-10-6-7-11-16(15)19(18-17)12-14-8-4-3-5-9-14;1-10(2)13-4-3-5-14(15(13)18)16(19)11-6-8-12(17)9-7-11;1-9(2)10-3-5-12-13-8-11(16)4-6-14(13)17-15(12)7-10;1-10(2)15-9-11(3)17(12(15)4)14-7-5-13(16)6-8-14;1-10(2)9-14-13-7-5-12(6-8-13)11(3)4/h5-11,13H,12H2,1-4H3;5-15H,1-4H3;3-11,13H,12H2,1-2H3;3-10H,18H2,1-2H3;3-9,17H,1-2H3;5-10H,1-4H3;5-8,11,14H,1,9H2,2-4H3. The molecule has 726 valence electrons. The Labute approximate surface area is 848 Å². The van der Waals surface area contributed by atoms with Gasteiger partial charge in [-0.3, -0.25) is 33.0 Å². The van der Waals surface area contributed by atoms with Gasteiger partial charge in [0.2, 0.25) is 5.88 Å². The third kappa shape index (κ3) is 27.8. The largest absolute Gasteiger partial charge is 0.497 e. The topological polar surface area (TPSA) is 192 Å². The lowest BCUT2D eigenvalue weighted by Gasteiger charge is -2.13. The molecule has 0 bridgehead atoms. The summed E-state index contributed by atoms with van der Waals surface area (Å²) >= 11 is 21.3. The number of aromatic amines is 1. The number of carbonyl (C=O) groups excluding carboxylic acids is 4. The Morgan fingerprint density at radius 2 is 1.07 bits per heavy atom. The number of carbonyl (C=O) groups is 4. The van der Waals surface area contributed by atoms with Crippen molar-refractivity contribution < 1.29 is 38.1 Å². The number of benzene rings is 12. The molecule has 0 aliphatic heterocycles. The van der Waals surface area contributed by atoms with Crippen molar-refractivity contribution >= 4 is 146 Å². The number of hydrogen-bond donors (Lipinski definition) is 3. The number of nitrogen functional groups attached to an aromatic ring is 1. The molecule has 0 aliphatic rings. The van der Waals surface area contributed by atoms with E-state index in [-0.39, 0.29) is 42.2 Å². The first-order chi connectivity index (χ1) is 66.8. The van der Waals surface area contributed by atoms with Crippen molar-refractivity contribution in [1.29, 1.82) is 0 Å². The molecule has 0 radical (unpaired) electrons. The average molecular weight is 2000 g/mol. The number of esters is 1. The van der Waals surface area contributed by atoms with E-state index in [9.17, 15) is 19.2 Å². The van der Waals surface area contributed by atoms with Crippen molar-refractivity contribution in [2.24, 2.45) is 0 Å². The van der Waals surface area contributed by atoms with Crippen LogP contribution in [-0.4, -0.2) is 85.0 Å². The van der Waals surface area contributed by atoms with Crippen LogP contribution in [0.5, 0.6) is 17.4 Å². The number of ether oxygens (including phenoxy) is 4. The highest BCUT2D eigenvalue weighted by molar-refractivity contribution is 9.10. The fourth-order valence-electron chi connectivity index (χ4n) is 16.8. The molecule has 17 aromatic rings. The van der Waals surface area contributed by atoms with Crippen molar-refractivity contribution in [2.45, 2.75) is 186 Å². The van der Waals surface area contributed by atoms with Crippen LogP contribution in [-0.2, 0) is 22.5 Å². The highest BCUT2D eigenvalue weighted by atomic mass is 79.9. The molecule has 5 heterocycles. The van der Waals surface area contributed by atoms with Crippen molar-refractivity contribution in [1.82, 2.24) is 28.5 Å². The number of hydrogen-bond acceptors (Lipinski definition) is 11. The van der Waals surface area contributed by atoms with Crippen LogP contribution in [0.2, 0.25) is 15.1 Å². The molecule has 0 amide bonds. The summed E-state index contributed by atoms with van der Waals surface area (Å²) in [6.07, 6.45) is 3.49. The number of para-hydroxylation sites is 2. The van der Waals surface area contributed by atoms with E-state index in [4.69, 9.17) is 59.5 Å². The number of rotatable bonds is 23. The number of anilines is 2. The number of ketones is 1. The first kappa shape index (κ1) is 107. The minimum atomic E-state index is -0.334. The number of H-pyrrole nitrogens is 1. The molecule has 0 aliphatic carbocycles. The van der Waals surface area contributed by atoms with Gasteiger partial charge in [-0.05, 0) is 312 Å². The SMILES string of the molecule is C=C(C)CNc1ccc(C(C)C)cc1.CC(C)Oc1nn(Cc2ccccc2)c2ccccc12.CC(C)c1ccc2c(c1)[nH]c1ccc(Cl)cc12.CC(C)c1cccc(C(=O)c2ccc(Br)cc2)c1N.COc1ccc2c(c1)c(C(C)C)c(C)n2C(=O)C=Cc1ccccc1.COc1ccc2c(c1)c(CC(=O)OC(C)C)c(C)n2C(=O)c1ccc(Cl)cc1.Cc1cc(C(C)C)c(C)n1-c1ccc(Cl)cc1. The molecule has 0 unspecified atom stereocenters. The lowest BCUT2D eigenvalue weighted by atomic mass is 9.94. The van der Waals surface area contributed by atoms with Gasteiger partial charge in [-0.2, -0.15) is 0 Å². The van der Waals surface area contributed by atoms with Crippen molar-refractivity contribution in [3.8, 4) is 23.1 Å². The van der Waals surface area contributed by atoms with Crippen LogP contribution in [0, 0.1) is 27.7 Å². The summed E-state index contributed by atoms with van der Waals surface area (Å²) in [7, 11) is 3.24. The molecule has 12 aromatic carbocycles. The third-order valence-electron chi connectivity index (χ3n) is 23.9. The molecule has 140 heavy (non-hydrogen) atoms. The maximum absolute atomic E-state index is 13.2. The fourth-order valence-corrected chi connectivity index (χ4v) is 17.5. The number of allylic oxidation sites excluding steroid dienone is 1. The van der Waals surface area contributed by atoms with Crippen LogP contribution in [0.3, 0.4) is 0 Å². The van der Waals surface area contributed by atoms with Crippen molar-refractivity contribution in [3.05, 3.63) is 401 Å². The number of nitrogens with two attached hydrogens (primary N) is 1. The zero-order chi connectivity index (χ0) is 101. The van der Waals surface area contributed by atoms with Gasteiger partial charge in [0.05, 0.1) is 61.3 Å². The number of aromatic nitrogens is 6. The predicted molar refractivity (Wildman–Crippen MR) is 589 cm³/mol. The van der Waals surface area contributed by atoms with Crippen LogP contribution in [0.25, 0.3) is 66.3 Å². The van der Waals surface area contributed by atoms with E-state index in [0.717, 1.165) is 99.7 Å². The van der Waals surface area contributed by atoms with Gasteiger partial charge in [0, 0.05) is 121 Å². The maximum Gasteiger partial charge on any atom is 0.310 e. The summed E-state index contributed by atoms with van der Waals surface area (Å²) in [6, 6.07) is 90.8. The Bertz CT molecular complexity index is 7140. The van der Waals surface area contributed by atoms with Crippen molar-refractivity contribution in [2.75, 3.05) is 31.8 Å². The molecule has 17 rings (SSSR count). The second kappa shape index (κ2) is 49.9. The highest BCUT2D eigenvalue weighted by Crippen LogP contribution is 2.38. The monoisotopic (exact) mass is 1990 g/mol. The molecule has 4 N–H and O–H groups in total. The number of nitrogens with one attached hydrogen (secondary N) is 2.